The summed E-state index contributed by atoms with van der Waals surface area (Å²) < 4.78 is 11.4. The number of aryl methyl sites for hydroxylation is 1. The molecule has 2 atom stereocenters. The highest BCUT2D eigenvalue weighted by atomic mass is 16.5. The van der Waals surface area contributed by atoms with E-state index < -0.39 is 0 Å². The monoisotopic (exact) mass is 235 g/mol. The molecule has 1 fully saturated rings. The van der Waals surface area contributed by atoms with Crippen LogP contribution in [0.5, 0.6) is 5.75 Å². The molecule has 17 heavy (non-hydrogen) atoms. The van der Waals surface area contributed by atoms with Gasteiger partial charge in [-0.1, -0.05) is 6.07 Å². The lowest BCUT2D eigenvalue weighted by molar-refractivity contribution is 0.0210. The van der Waals surface area contributed by atoms with E-state index in [0.717, 1.165) is 36.3 Å². The van der Waals surface area contributed by atoms with Crippen LogP contribution in [-0.2, 0) is 4.74 Å². The molecule has 0 amide bonds. The van der Waals surface area contributed by atoms with Gasteiger partial charge in [0.05, 0.1) is 6.10 Å². The summed E-state index contributed by atoms with van der Waals surface area (Å²) in [5.41, 5.74) is 7.76. The van der Waals surface area contributed by atoms with Crippen LogP contribution in [0.2, 0.25) is 0 Å². The standard InChI is InChI=1S/C14H21NO2/c1-10-6-7-13(9-14(10)15)17-12-5-3-4-11(8-12)16-2/h6-7,9,11-12H,3-5,8,15H2,1-2H3. The van der Waals surface area contributed by atoms with Crippen molar-refractivity contribution in [3.05, 3.63) is 23.8 Å². The Bertz CT molecular complexity index is 378. The molecule has 0 heterocycles. The summed E-state index contributed by atoms with van der Waals surface area (Å²) >= 11 is 0. The summed E-state index contributed by atoms with van der Waals surface area (Å²) in [6.45, 7) is 2.00. The lowest BCUT2D eigenvalue weighted by Gasteiger charge is -2.28. The Hall–Kier alpha value is -1.22. The molecule has 1 aromatic carbocycles. The first-order valence-corrected chi connectivity index (χ1v) is 6.24. The highest BCUT2D eigenvalue weighted by Gasteiger charge is 2.23. The number of rotatable bonds is 3. The molecule has 3 nitrogen and oxygen atoms in total. The second-order valence-corrected chi connectivity index (χ2v) is 4.78. The summed E-state index contributed by atoms with van der Waals surface area (Å²) in [7, 11) is 1.77. The van der Waals surface area contributed by atoms with Crippen LogP contribution in [0.3, 0.4) is 0 Å². The second-order valence-electron chi connectivity index (χ2n) is 4.78. The maximum Gasteiger partial charge on any atom is 0.121 e. The first-order chi connectivity index (χ1) is 8.19. The molecule has 1 aromatic rings. The van der Waals surface area contributed by atoms with Crippen LogP contribution in [-0.4, -0.2) is 19.3 Å². The van der Waals surface area contributed by atoms with E-state index in [1.165, 1.54) is 6.42 Å². The fourth-order valence-electron chi connectivity index (χ4n) is 2.31. The molecular weight excluding hydrogens is 214 g/mol. The average Bonchev–Trinajstić information content (AvgIpc) is 2.34. The normalized spacial score (nSPS) is 24.6. The van der Waals surface area contributed by atoms with Gasteiger partial charge in [-0.2, -0.15) is 0 Å². The number of anilines is 1. The molecule has 0 radical (unpaired) electrons. The molecule has 1 aliphatic carbocycles. The maximum atomic E-state index is 5.96. The minimum atomic E-state index is 0.260. The third kappa shape index (κ3) is 3.13. The molecule has 1 aliphatic rings. The minimum Gasteiger partial charge on any atom is -0.490 e. The van der Waals surface area contributed by atoms with E-state index in [4.69, 9.17) is 15.2 Å². The van der Waals surface area contributed by atoms with Gasteiger partial charge >= 0.3 is 0 Å². The third-order valence-corrected chi connectivity index (χ3v) is 3.46. The Morgan fingerprint density at radius 2 is 2.00 bits per heavy atom. The van der Waals surface area contributed by atoms with E-state index in [1.807, 2.05) is 25.1 Å². The van der Waals surface area contributed by atoms with Crippen molar-refractivity contribution >= 4 is 5.69 Å². The van der Waals surface area contributed by atoms with Gasteiger partial charge in [0.25, 0.3) is 0 Å². The van der Waals surface area contributed by atoms with E-state index in [9.17, 15) is 0 Å². The zero-order valence-electron chi connectivity index (χ0n) is 10.6. The van der Waals surface area contributed by atoms with Crippen LogP contribution < -0.4 is 10.5 Å². The molecule has 94 valence electrons. The number of benzene rings is 1. The summed E-state index contributed by atoms with van der Waals surface area (Å²) in [4.78, 5) is 0. The minimum absolute atomic E-state index is 0.260. The Labute approximate surface area is 103 Å². The van der Waals surface area contributed by atoms with Crippen LogP contribution in [0.1, 0.15) is 31.2 Å². The third-order valence-electron chi connectivity index (χ3n) is 3.46. The Balaban J connectivity index is 1.97. The number of ether oxygens (including phenoxy) is 2. The van der Waals surface area contributed by atoms with Gasteiger partial charge in [0, 0.05) is 25.3 Å². The molecule has 0 saturated heterocycles. The highest BCUT2D eigenvalue weighted by Crippen LogP contribution is 2.27. The smallest absolute Gasteiger partial charge is 0.121 e. The van der Waals surface area contributed by atoms with Gasteiger partial charge in [0.2, 0.25) is 0 Å². The number of nitrogen functional groups attached to an aromatic ring is 1. The molecule has 2 unspecified atom stereocenters. The lowest BCUT2D eigenvalue weighted by Crippen LogP contribution is -2.29. The number of hydrogen-bond donors (Lipinski definition) is 1. The average molecular weight is 235 g/mol. The van der Waals surface area contributed by atoms with Crippen LogP contribution in [0.25, 0.3) is 0 Å². The topological polar surface area (TPSA) is 44.5 Å². The van der Waals surface area contributed by atoms with Crippen LogP contribution in [0, 0.1) is 6.92 Å². The molecule has 2 rings (SSSR count). The van der Waals surface area contributed by atoms with E-state index in [-0.39, 0.29) is 6.10 Å². The van der Waals surface area contributed by atoms with Crippen molar-refractivity contribution < 1.29 is 9.47 Å². The van der Waals surface area contributed by atoms with Crippen molar-refractivity contribution in [2.24, 2.45) is 0 Å². The SMILES string of the molecule is COC1CCCC(Oc2ccc(C)c(N)c2)C1. The van der Waals surface area contributed by atoms with Crippen molar-refractivity contribution in [2.45, 2.75) is 44.8 Å². The molecule has 0 bridgehead atoms. The fraction of sp³-hybridized carbons (Fsp3) is 0.571. The van der Waals surface area contributed by atoms with E-state index >= 15 is 0 Å². The van der Waals surface area contributed by atoms with E-state index in [1.54, 1.807) is 7.11 Å². The van der Waals surface area contributed by atoms with Crippen molar-refractivity contribution in [3.8, 4) is 5.75 Å². The first kappa shape index (κ1) is 12.2. The number of hydrogen-bond acceptors (Lipinski definition) is 3. The van der Waals surface area contributed by atoms with Crippen molar-refractivity contribution in [3.63, 3.8) is 0 Å². The quantitative estimate of drug-likeness (QED) is 0.819. The van der Waals surface area contributed by atoms with E-state index in [2.05, 4.69) is 0 Å². The summed E-state index contributed by atoms with van der Waals surface area (Å²) in [6.07, 6.45) is 5.00. The van der Waals surface area contributed by atoms with Crippen molar-refractivity contribution in [1.82, 2.24) is 0 Å². The summed E-state index contributed by atoms with van der Waals surface area (Å²) in [5.74, 6) is 0.870. The predicted molar refractivity (Wildman–Crippen MR) is 69.3 cm³/mol. The molecule has 0 aromatic heterocycles. The molecular formula is C14H21NO2. The van der Waals surface area contributed by atoms with Crippen LogP contribution in [0.4, 0.5) is 5.69 Å². The zero-order valence-corrected chi connectivity index (χ0v) is 10.6. The second kappa shape index (κ2) is 5.41. The van der Waals surface area contributed by atoms with E-state index in [0.29, 0.717) is 6.10 Å². The Kier molecular flexibility index (Phi) is 3.89. The molecule has 0 aliphatic heterocycles. The first-order valence-electron chi connectivity index (χ1n) is 6.24. The van der Waals surface area contributed by atoms with Crippen molar-refractivity contribution in [1.29, 1.82) is 0 Å². The molecule has 2 N–H and O–H groups in total. The van der Waals surface area contributed by atoms with Crippen LogP contribution >= 0.6 is 0 Å². The van der Waals surface area contributed by atoms with Crippen molar-refractivity contribution in [2.75, 3.05) is 12.8 Å². The molecule has 3 heteroatoms. The molecule has 1 saturated carbocycles. The van der Waals surface area contributed by atoms with Gasteiger partial charge < -0.3 is 15.2 Å². The Morgan fingerprint density at radius 3 is 2.71 bits per heavy atom. The van der Waals surface area contributed by atoms with Crippen LogP contribution in [0.15, 0.2) is 18.2 Å². The Morgan fingerprint density at radius 1 is 1.24 bits per heavy atom. The highest BCUT2D eigenvalue weighted by molar-refractivity contribution is 5.50. The lowest BCUT2D eigenvalue weighted by atomic mass is 9.95. The van der Waals surface area contributed by atoms with Gasteiger partial charge in [-0.05, 0) is 37.8 Å². The zero-order chi connectivity index (χ0) is 12.3. The summed E-state index contributed by atoms with van der Waals surface area (Å²) in [6, 6.07) is 5.90. The largest absolute Gasteiger partial charge is 0.490 e. The fourth-order valence-corrected chi connectivity index (χ4v) is 2.31. The number of methoxy groups -OCH3 is 1. The van der Waals surface area contributed by atoms with Gasteiger partial charge in [0.15, 0.2) is 0 Å². The molecule has 0 spiro atoms. The summed E-state index contributed by atoms with van der Waals surface area (Å²) in [5, 5.41) is 0. The van der Waals surface area contributed by atoms with Gasteiger partial charge in [0.1, 0.15) is 11.9 Å². The van der Waals surface area contributed by atoms with Gasteiger partial charge in [-0.15, -0.1) is 0 Å². The number of nitrogens with two attached hydrogens (primary N) is 1. The predicted octanol–water partition coefficient (Wildman–Crippen LogP) is 2.91. The van der Waals surface area contributed by atoms with Gasteiger partial charge in [-0.3, -0.25) is 0 Å². The maximum absolute atomic E-state index is 5.96. The van der Waals surface area contributed by atoms with Gasteiger partial charge in [-0.25, -0.2) is 0 Å².